The summed E-state index contributed by atoms with van der Waals surface area (Å²) in [6.07, 6.45) is 1.32. The molecule has 1 aromatic heterocycles. The number of aromatic nitrogens is 2. The summed E-state index contributed by atoms with van der Waals surface area (Å²) < 4.78 is 5.45. The van der Waals surface area contributed by atoms with Gasteiger partial charge < -0.3 is 10.5 Å². The average molecular weight is 202 g/mol. The van der Waals surface area contributed by atoms with E-state index in [1.807, 2.05) is 20.8 Å². The molecule has 2 N–H and O–H groups in total. The number of halogens is 1. The van der Waals surface area contributed by atoms with Gasteiger partial charge in [0.2, 0.25) is 5.88 Å². The second kappa shape index (κ2) is 3.38. The highest BCUT2D eigenvalue weighted by molar-refractivity contribution is 6.32. The number of nitrogens with zero attached hydrogens (tertiary/aromatic N) is 2. The van der Waals surface area contributed by atoms with Crippen molar-refractivity contribution in [3.63, 3.8) is 0 Å². The zero-order valence-corrected chi connectivity index (χ0v) is 8.59. The van der Waals surface area contributed by atoms with Crippen molar-refractivity contribution in [1.29, 1.82) is 0 Å². The molecule has 0 saturated carbocycles. The summed E-state index contributed by atoms with van der Waals surface area (Å²) >= 11 is 5.69. The van der Waals surface area contributed by atoms with Gasteiger partial charge in [0.25, 0.3) is 0 Å². The Morgan fingerprint density at radius 1 is 1.38 bits per heavy atom. The molecule has 13 heavy (non-hydrogen) atoms. The molecule has 72 valence electrons. The van der Waals surface area contributed by atoms with E-state index < -0.39 is 0 Å². The van der Waals surface area contributed by atoms with Crippen molar-refractivity contribution in [2.75, 3.05) is 5.73 Å². The van der Waals surface area contributed by atoms with E-state index >= 15 is 0 Å². The van der Waals surface area contributed by atoms with Crippen molar-refractivity contribution in [3.8, 4) is 5.88 Å². The molecule has 0 saturated heterocycles. The first kappa shape index (κ1) is 10.1. The largest absolute Gasteiger partial charge is 0.470 e. The quantitative estimate of drug-likeness (QED) is 0.705. The monoisotopic (exact) mass is 201 g/mol. The van der Waals surface area contributed by atoms with Crippen LogP contribution < -0.4 is 10.5 Å². The fourth-order valence-electron chi connectivity index (χ4n) is 0.731. The molecule has 0 spiro atoms. The Hall–Kier alpha value is -1.03. The van der Waals surface area contributed by atoms with E-state index in [0.29, 0.717) is 5.88 Å². The molecule has 0 unspecified atom stereocenters. The molecule has 1 rings (SSSR count). The number of anilines is 1. The van der Waals surface area contributed by atoms with Crippen molar-refractivity contribution in [1.82, 2.24) is 9.97 Å². The number of hydrogen-bond acceptors (Lipinski definition) is 4. The molecule has 4 nitrogen and oxygen atoms in total. The van der Waals surface area contributed by atoms with Crippen LogP contribution in [0.2, 0.25) is 5.15 Å². The van der Waals surface area contributed by atoms with Crippen LogP contribution in [0, 0.1) is 0 Å². The van der Waals surface area contributed by atoms with Gasteiger partial charge in [0.15, 0.2) is 5.15 Å². The molecule has 0 aromatic carbocycles. The van der Waals surface area contributed by atoms with Crippen LogP contribution in [-0.4, -0.2) is 15.6 Å². The van der Waals surface area contributed by atoms with Gasteiger partial charge in [0.1, 0.15) is 17.6 Å². The zero-order chi connectivity index (χ0) is 10.1. The van der Waals surface area contributed by atoms with Gasteiger partial charge in [0.05, 0.1) is 0 Å². The predicted octanol–water partition coefficient (Wildman–Crippen LogP) is 1.89. The first-order chi connectivity index (χ1) is 5.90. The Labute approximate surface area is 82.1 Å². The van der Waals surface area contributed by atoms with Gasteiger partial charge in [-0.2, -0.15) is 4.98 Å². The molecule has 0 aliphatic carbocycles. The second-order valence-electron chi connectivity index (χ2n) is 3.60. The maximum Gasteiger partial charge on any atom is 0.242 e. The molecule has 0 atom stereocenters. The molecule has 1 aromatic rings. The maximum absolute atomic E-state index is 5.69. The molecule has 0 radical (unpaired) electrons. The van der Waals surface area contributed by atoms with Crippen LogP contribution >= 0.6 is 11.6 Å². The second-order valence-corrected chi connectivity index (χ2v) is 3.96. The summed E-state index contributed by atoms with van der Waals surface area (Å²) in [4.78, 5) is 7.60. The van der Waals surface area contributed by atoms with E-state index in [9.17, 15) is 0 Å². The molecule has 5 heteroatoms. The minimum absolute atomic E-state index is 0.217. The minimum atomic E-state index is -0.341. The van der Waals surface area contributed by atoms with Crippen molar-refractivity contribution < 1.29 is 4.74 Å². The minimum Gasteiger partial charge on any atom is -0.470 e. The maximum atomic E-state index is 5.69. The van der Waals surface area contributed by atoms with E-state index in [1.54, 1.807) is 0 Å². The Morgan fingerprint density at radius 3 is 2.54 bits per heavy atom. The van der Waals surface area contributed by atoms with Gasteiger partial charge in [-0.25, -0.2) is 4.98 Å². The van der Waals surface area contributed by atoms with E-state index in [0.717, 1.165) is 0 Å². The van der Waals surface area contributed by atoms with E-state index in [4.69, 9.17) is 22.1 Å². The number of rotatable bonds is 1. The van der Waals surface area contributed by atoms with E-state index in [2.05, 4.69) is 9.97 Å². The topological polar surface area (TPSA) is 61.0 Å². The van der Waals surface area contributed by atoms with Gasteiger partial charge in [0, 0.05) is 0 Å². The van der Waals surface area contributed by atoms with Gasteiger partial charge in [-0.1, -0.05) is 11.6 Å². The normalized spacial score (nSPS) is 11.4. The third-order valence-electron chi connectivity index (χ3n) is 1.20. The predicted molar refractivity (Wildman–Crippen MR) is 51.8 cm³/mol. The molecule has 0 amide bonds. The number of ether oxygens (including phenoxy) is 1. The molecule has 0 fully saturated rings. The zero-order valence-electron chi connectivity index (χ0n) is 7.84. The highest BCUT2D eigenvalue weighted by Gasteiger charge is 2.16. The summed E-state index contributed by atoms with van der Waals surface area (Å²) in [5.41, 5.74) is 5.54. The molecule has 0 aliphatic rings. The molecule has 0 bridgehead atoms. The molecular weight excluding hydrogens is 190 g/mol. The van der Waals surface area contributed by atoms with Crippen LogP contribution in [0.25, 0.3) is 0 Å². The van der Waals surface area contributed by atoms with Crippen molar-refractivity contribution in [2.24, 2.45) is 0 Å². The van der Waals surface area contributed by atoms with Crippen LogP contribution in [0.3, 0.4) is 0 Å². The lowest BCUT2D eigenvalue weighted by molar-refractivity contribution is 0.125. The molecule has 0 aliphatic heterocycles. The first-order valence-electron chi connectivity index (χ1n) is 3.85. The number of hydrogen-bond donors (Lipinski definition) is 1. The summed E-state index contributed by atoms with van der Waals surface area (Å²) in [6, 6.07) is 0. The number of nitrogens with two attached hydrogens (primary N) is 1. The first-order valence-corrected chi connectivity index (χ1v) is 4.23. The van der Waals surface area contributed by atoms with Crippen LogP contribution in [0.4, 0.5) is 5.69 Å². The number of nitrogen functional groups attached to an aromatic ring is 1. The lowest BCUT2D eigenvalue weighted by atomic mass is 10.2. The summed E-state index contributed by atoms with van der Waals surface area (Å²) in [5.74, 6) is 0.326. The highest BCUT2D eigenvalue weighted by atomic mass is 35.5. The van der Waals surface area contributed by atoms with Crippen molar-refractivity contribution in [3.05, 3.63) is 11.5 Å². The molecular formula is C8H12ClN3O. The van der Waals surface area contributed by atoms with E-state index in [1.165, 1.54) is 6.33 Å². The van der Waals surface area contributed by atoms with Crippen LogP contribution in [0.1, 0.15) is 20.8 Å². The lowest BCUT2D eigenvalue weighted by Gasteiger charge is -2.20. The fourth-order valence-corrected chi connectivity index (χ4v) is 0.855. The van der Waals surface area contributed by atoms with Gasteiger partial charge in [-0.15, -0.1) is 0 Å². The summed E-state index contributed by atoms with van der Waals surface area (Å²) in [5, 5.41) is 0.217. The Morgan fingerprint density at radius 2 is 2.00 bits per heavy atom. The fraction of sp³-hybridized carbons (Fsp3) is 0.500. The van der Waals surface area contributed by atoms with Gasteiger partial charge >= 0.3 is 0 Å². The third kappa shape index (κ3) is 2.73. The lowest BCUT2D eigenvalue weighted by Crippen LogP contribution is -2.24. The molecule has 1 heterocycles. The average Bonchev–Trinajstić information content (AvgIpc) is 1.96. The van der Waals surface area contributed by atoms with Crippen LogP contribution in [0.5, 0.6) is 5.88 Å². The van der Waals surface area contributed by atoms with Gasteiger partial charge in [-0.05, 0) is 20.8 Å². The SMILES string of the molecule is CC(C)(C)Oc1ncnc(Cl)c1N. The smallest absolute Gasteiger partial charge is 0.242 e. The highest BCUT2D eigenvalue weighted by Crippen LogP contribution is 2.26. The van der Waals surface area contributed by atoms with Gasteiger partial charge in [-0.3, -0.25) is 0 Å². The Balaban J connectivity index is 2.96. The van der Waals surface area contributed by atoms with Crippen molar-refractivity contribution in [2.45, 2.75) is 26.4 Å². The van der Waals surface area contributed by atoms with Crippen LogP contribution in [0.15, 0.2) is 6.33 Å². The standard InChI is InChI=1S/C8H12ClN3O/c1-8(2,3)13-7-5(10)6(9)11-4-12-7/h4H,10H2,1-3H3. The summed E-state index contributed by atoms with van der Waals surface area (Å²) in [6.45, 7) is 5.72. The van der Waals surface area contributed by atoms with E-state index in [-0.39, 0.29) is 16.4 Å². The Bertz CT molecular complexity index is 309. The van der Waals surface area contributed by atoms with Crippen LogP contribution in [-0.2, 0) is 0 Å². The van der Waals surface area contributed by atoms with Crippen molar-refractivity contribution >= 4 is 17.3 Å². The third-order valence-corrected chi connectivity index (χ3v) is 1.50. The summed E-state index contributed by atoms with van der Waals surface area (Å²) in [7, 11) is 0. The Kier molecular flexibility index (Phi) is 2.61.